The summed E-state index contributed by atoms with van der Waals surface area (Å²) in [6.07, 6.45) is 1.27. The molecule has 1 fully saturated rings. The molecule has 2 aromatic carbocycles. The summed E-state index contributed by atoms with van der Waals surface area (Å²) < 4.78 is 0. The summed E-state index contributed by atoms with van der Waals surface area (Å²) in [5, 5.41) is 14.1. The highest BCUT2D eigenvalue weighted by atomic mass is 16.6. The predicted molar refractivity (Wildman–Crippen MR) is 103 cm³/mol. The van der Waals surface area contributed by atoms with Crippen molar-refractivity contribution in [3.8, 4) is 0 Å². The third-order valence-electron chi connectivity index (χ3n) is 4.92. The Morgan fingerprint density at radius 2 is 1.85 bits per heavy atom. The van der Waals surface area contributed by atoms with Crippen LogP contribution in [0.25, 0.3) is 11.0 Å². The van der Waals surface area contributed by atoms with Crippen molar-refractivity contribution in [3.63, 3.8) is 0 Å². The van der Waals surface area contributed by atoms with Crippen LogP contribution < -0.4 is 10.2 Å². The average Bonchev–Trinajstić information content (AvgIpc) is 3.10. The summed E-state index contributed by atoms with van der Waals surface area (Å²) in [6, 6.07) is 14.3. The minimum Gasteiger partial charge on any atom is -0.366 e. The molecule has 0 unspecified atom stereocenters. The van der Waals surface area contributed by atoms with Crippen molar-refractivity contribution >= 4 is 34.3 Å². The van der Waals surface area contributed by atoms with Crippen LogP contribution in [-0.2, 0) is 4.79 Å². The van der Waals surface area contributed by atoms with Crippen molar-refractivity contribution in [2.24, 2.45) is 5.92 Å². The van der Waals surface area contributed by atoms with Crippen LogP contribution in [0.2, 0.25) is 0 Å². The van der Waals surface area contributed by atoms with Gasteiger partial charge >= 0.3 is 0 Å². The lowest BCUT2D eigenvalue weighted by Gasteiger charge is -2.32. The highest BCUT2D eigenvalue weighted by Crippen LogP contribution is 2.31. The highest BCUT2D eigenvalue weighted by molar-refractivity contribution is 5.92. The van der Waals surface area contributed by atoms with E-state index in [1.807, 2.05) is 29.2 Å². The van der Waals surface area contributed by atoms with Crippen molar-refractivity contribution in [1.29, 1.82) is 0 Å². The number of hydrogen-bond donors (Lipinski definition) is 2. The van der Waals surface area contributed by atoms with E-state index in [1.165, 1.54) is 6.07 Å². The number of H-pyrrole nitrogens is 1. The molecule has 1 amide bonds. The van der Waals surface area contributed by atoms with E-state index in [0.29, 0.717) is 37.6 Å². The molecule has 1 aliphatic rings. The van der Waals surface area contributed by atoms with Crippen LogP contribution in [0.4, 0.5) is 17.3 Å². The first-order chi connectivity index (χ1) is 13.1. The molecule has 1 saturated heterocycles. The molecule has 3 aromatic rings. The number of nitrogens with one attached hydrogen (secondary N) is 2. The number of imidazole rings is 1. The maximum absolute atomic E-state index is 12.6. The SMILES string of the molecule is O=C(Nc1nc2ccccc2[nH]1)C1CCN(c2ccccc2[N+](=O)[O-])CC1. The fraction of sp³-hybridized carbons (Fsp3) is 0.263. The second-order valence-corrected chi connectivity index (χ2v) is 6.60. The van der Waals surface area contributed by atoms with Gasteiger partial charge in [-0.2, -0.15) is 0 Å². The summed E-state index contributed by atoms with van der Waals surface area (Å²) in [5.41, 5.74) is 2.39. The number of aromatic amines is 1. The molecule has 1 aromatic heterocycles. The number of hydrogen-bond acceptors (Lipinski definition) is 5. The lowest BCUT2D eigenvalue weighted by atomic mass is 9.95. The number of anilines is 2. The topological polar surface area (TPSA) is 104 Å². The van der Waals surface area contributed by atoms with Gasteiger partial charge in [-0.05, 0) is 31.0 Å². The summed E-state index contributed by atoms with van der Waals surface area (Å²) in [5.74, 6) is 0.232. The summed E-state index contributed by atoms with van der Waals surface area (Å²) in [4.78, 5) is 32.9. The monoisotopic (exact) mass is 365 g/mol. The normalized spacial score (nSPS) is 15.0. The van der Waals surface area contributed by atoms with Gasteiger partial charge in [0, 0.05) is 25.1 Å². The zero-order chi connectivity index (χ0) is 18.8. The number of nitro benzene ring substituents is 1. The number of amides is 1. The Morgan fingerprint density at radius 1 is 1.15 bits per heavy atom. The molecule has 2 N–H and O–H groups in total. The first-order valence-corrected chi connectivity index (χ1v) is 8.86. The maximum atomic E-state index is 12.6. The molecule has 8 heteroatoms. The minimum atomic E-state index is -0.365. The van der Waals surface area contributed by atoms with E-state index in [2.05, 4.69) is 15.3 Å². The van der Waals surface area contributed by atoms with Crippen LogP contribution in [0.15, 0.2) is 48.5 Å². The van der Waals surface area contributed by atoms with Crippen LogP contribution in [0.1, 0.15) is 12.8 Å². The van der Waals surface area contributed by atoms with Gasteiger partial charge in [-0.1, -0.05) is 24.3 Å². The zero-order valence-electron chi connectivity index (χ0n) is 14.6. The molecule has 0 spiro atoms. The van der Waals surface area contributed by atoms with Gasteiger partial charge in [0.1, 0.15) is 5.69 Å². The third-order valence-corrected chi connectivity index (χ3v) is 4.92. The molecule has 138 valence electrons. The Balaban J connectivity index is 1.40. The van der Waals surface area contributed by atoms with Crippen molar-refractivity contribution < 1.29 is 9.72 Å². The van der Waals surface area contributed by atoms with Gasteiger partial charge in [0.05, 0.1) is 16.0 Å². The Morgan fingerprint density at radius 3 is 2.59 bits per heavy atom. The van der Waals surface area contributed by atoms with Gasteiger partial charge in [-0.3, -0.25) is 20.2 Å². The lowest BCUT2D eigenvalue weighted by molar-refractivity contribution is -0.384. The number of carbonyl (C=O) groups excluding carboxylic acids is 1. The van der Waals surface area contributed by atoms with Gasteiger partial charge in [0.2, 0.25) is 11.9 Å². The highest BCUT2D eigenvalue weighted by Gasteiger charge is 2.28. The smallest absolute Gasteiger partial charge is 0.292 e. The largest absolute Gasteiger partial charge is 0.366 e. The van der Waals surface area contributed by atoms with Crippen LogP contribution in [0.5, 0.6) is 0 Å². The minimum absolute atomic E-state index is 0.0729. The second kappa shape index (κ2) is 7.06. The van der Waals surface area contributed by atoms with Crippen LogP contribution in [0, 0.1) is 16.0 Å². The van der Waals surface area contributed by atoms with Crippen molar-refractivity contribution in [2.45, 2.75) is 12.8 Å². The Kier molecular flexibility index (Phi) is 4.45. The molecule has 8 nitrogen and oxygen atoms in total. The van der Waals surface area contributed by atoms with Gasteiger partial charge < -0.3 is 9.88 Å². The summed E-state index contributed by atoms with van der Waals surface area (Å²) >= 11 is 0. The number of para-hydroxylation sites is 4. The molecule has 1 aliphatic heterocycles. The molecular weight excluding hydrogens is 346 g/mol. The van der Waals surface area contributed by atoms with Crippen LogP contribution in [-0.4, -0.2) is 33.9 Å². The standard InChI is InChI=1S/C19H19N5O3/c25-18(22-19-20-14-5-1-2-6-15(14)21-19)13-9-11-23(12-10-13)16-7-3-4-8-17(16)24(26)27/h1-8,13H,9-12H2,(H2,20,21,22,25). The van der Waals surface area contributed by atoms with E-state index < -0.39 is 0 Å². The Bertz CT molecular complexity index is 959. The zero-order valence-corrected chi connectivity index (χ0v) is 14.6. The van der Waals surface area contributed by atoms with Gasteiger partial charge in [0.15, 0.2) is 0 Å². The van der Waals surface area contributed by atoms with Crippen molar-refractivity contribution in [1.82, 2.24) is 9.97 Å². The Hall–Kier alpha value is -3.42. The molecule has 0 saturated carbocycles. The van der Waals surface area contributed by atoms with E-state index >= 15 is 0 Å². The number of carbonyl (C=O) groups is 1. The fourth-order valence-corrected chi connectivity index (χ4v) is 3.50. The molecule has 27 heavy (non-hydrogen) atoms. The van der Waals surface area contributed by atoms with E-state index in [1.54, 1.807) is 18.2 Å². The van der Waals surface area contributed by atoms with Gasteiger partial charge in [-0.15, -0.1) is 0 Å². The molecule has 0 aliphatic carbocycles. The maximum Gasteiger partial charge on any atom is 0.292 e. The molecule has 0 radical (unpaired) electrons. The van der Waals surface area contributed by atoms with E-state index in [-0.39, 0.29) is 22.4 Å². The molecule has 0 bridgehead atoms. The fourth-order valence-electron chi connectivity index (χ4n) is 3.50. The van der Waals surface area contributed by atoms with E-state index in [0.717, 1.165) is 11.0 Å². The van der Waals surface area contributed by atoms with Gasteiger partial charge in [-0.25, -0.2) is 4.98 Å². The number of nitro groups is 1. The molecular formula is C19H19N5O3. The molecule has 0 atom stereocenters. The average molecular weight is 365 g/mol. The van der Waals surface area contributed by atoms with E-state index in [9.17, 15) is 14.9 Å². The molecule has 2 heterocycles. The third kappa shape index (κ3) is 3.46. The Labute approximate surface area is 155 Å². The number of nitrogens with zero attached hydrogens (tertiary/aromatic N) is 3. The summed E-state index contributed by atoms with van der Waals surface area (Å²) in [7, 11) is 0. The number of rotatable bonds is 4. The van der Waals surface area contributed by atoms with E-state index in [4.69, 9.17) is 0 Å². The van der Waals surface area contributed by atoms with Crippen LogP contribution in [0.3, 0.4) is 0 Å². The number of piperidine rings is 1. The summed E-state index contributed by atoms with van der Waals surface area (Å²) in [6.45, 7) is 1.20. The number of benzene rings is 2. The molecule has 4 rings (SSSR count). The first-order valence-electron chi connectivity index (χ1n) is 8.86. The lowest BCUT2D eigenvalue weighted by Crippen LogP contribution is -2.38. The number of fused-ring (bicyclic) bond motifs is 1. The second-order valence-electron chi connectivity index (χ2n) is 6.60. The quantitative estimate of drug-likeness (QED) is 0.545. The van der Waals surface area contributed by atoms with Gasteiger partial charge in [0.25, 0.3) is 5.69 Å². The predicted octanol–water partition coefficient (Wildman–Crippen LogP) is 3.33. The number of aromatic nitrogens is 2. The van der Waals surface area contributed by atoms with Crippen molar-refractivity contribution in [2.75, 3.05) is 23.3 Å². The van der Waals surface area contributed by atoms with Crippen molar-refractivity contribution in [3.05, 3.63) is 58.6 Å². The first kappa shape index (κ1) is 17.0. The van der Waals surface area contributed by atoms with Crippen LogP contribution >= 0.6 is 0 Å².